The van der Waals surface area contributed by atoms with Crippen LogP contribution >= 0.6 is 0 Å². The molecule has 0 fully saturated rings. The monoisotopic (exact) mass is 552 g/mol. The smallest absolute Gasteiger partial charge is 0.328 e. The van der Waals surface area contributed by atoms with Crippen molar-refractivity contribution in [3.05, 3.63) is 66.2 Å². The predicted molar refractivity (Wildman–Crippen MR) is 150 cm³/mol. The lowest BCUT2D eigenvalue weighted by Gasteiger charge is -2.17. The van der Waals surface area contributed by atoms with Crippen molar-refractivity contribution in [3.8, 4) is 11.8 Å². The van der Waals surface area contributed by atoms with Gasteiger partial charge in [0.05, 0.1) is 26.4 Å². The quantitative estimate of drug-likeness (QED) is 0.171. The van der Waals surface area contributed by atoms with Gasteiger partial charge in [-0.05, 0) is 36.6 Å². The zero-order chi connectivity index (χ0) is 28.6. The van der Waals surface area contributed by atoms with Gasteiger partial charge in [0.1, 0.15) is 11.8 Å². The number of para-hydroxylation sites is 1. The maximum absolute atomic E-state index is 12.0. The summed E-state index contributed by atoms with van der Waals surface area (Å²) in [5.41, 5.74) is 0.607. The third kappa shape index (κ3) is 11.2. The molecule has 0 bridgehead atoms. The number of carboxylic acids is 1. The first kappa shape index (κ1) is 30.3. The van der Waals surface area contributed by atoms with E-state index < -0.39 is 12.0 Å². The van der Waals surface area contributed by atoms with Gasteiger partial charge in [0.25, 0.3) is 5.91 Å². The molecule has 3 rings (SSSR count). The van der Waals surface area contributed by atoms with Crippen molar-refractivity contribution in [1.82, 2.24) is 20.3 Å². The number of anilines is 2. The lowest BCUT2D eigenvalue weighted by Crippen LogP contribution is -2.31. The minimum Gasteiger partial charge on any atom is -0.480 e. The summed E-state index contributed by atoms with van der Waals surface area (Å²) < 4.78 is 16.8. The van der Waals surface area contributed by atoms with Gasteiger partial charge in [0.15, 0.2) is 0 Å². The van der Waals surface area contributed by atoms with E-state index in [0.29, 0.717) is 57.3 Å². The molecule has 0 saturated carbocycles. The summed E-state index contributed by atoms with van der Waals surface area (Å²) in [5, 5.41) is 18.3. The van der Waals surface area contributed by atoms with Crippen LogP contribution < -0.4 is 20.7 Å². The molecule has 1 atom stereocenters. The maximum Gasteiger partial charge on any atom is 0.328 e. The number of hydrogen-bond acceptors (Lipinski definition) is 10. The Morgan fingerprint density at radius 2 is 1.45 bits per heavy atom. The molecule has 4 N–H and O–H groups in total. The number of rotatable bonds is 18. The molecular weight excluding hydrogens is 516 g/mol. The van der Waals surface area contributed by atoms with Crippen LogP contribution in [0, 0.1) is 5.92 Å². The third-order valence-corrected chi connectivity index (χ3v) is 5.35. The van der Waals surface area contributed by atoms with Crippen LogP contribution in [0.1, 0.15) is 30.6 Å². The fourth-order valence-electron chi connectivity index (χ4n) is 3.47. The average molecular weight is 553 g/mol. The van der Waals surface area contributed by atoms with Gasteiger partial charge in [-0.25, -0.2) is 4.79 Å². The predicted octanol–water partition coefficient (Wildman–Crippen LogP) is 3.45. The topological polar surface area (TPSA) is 157 Å². The van der Waals surface area contributed by atoms with E-state index in [4.69, 9.17) is 14.2 Å². The van der Waals surface area contributed by atoms with Crippen molar-refractivity contribution in [1.29, 1.82) is 0 Å². The van der Waals surface area contributed by atoms with Crippen molar-refractivity contribution < 1.29 is 28.9 Å². The molecule has 1 heterocycles. The number of ether oxygens (including phenoxy) is 3. The normalized spacial score (nSPS) is 11.6. The van der Waals surface area contributed by atoms with Gasteiger partial charge in [-0.3, -0.25) is 4.79 Å². The van der Waals surface area contributed by atoms with E-state index in [0.717, 1.165) is 0 Å². The Hall–Kier alpha value is -4.29. The van der Waals surface area contributed by atoms with Gasteiger partial charge in [0.2, 0.25) is 11.9 Å². The van der Waals surface area contributed by atoms with E-state index >= 15 is 0 Å². The van der Waals surface area contributed by atoms with Gasteiger partial charge in [-0.2, -0.15) is 15.0 Å². The lowest BCUT2D eigenvalue weighted by atomic mass is 10.0. The van der Waals surface area contributed by atoms with Gasteiger partial charge in [-0.15, -0.1) is 0 Å². The lowest BCUT2D eigenvalue weighted by molar-refractivity contribution is -0.138. The SMILES string of the molecule is CC(C)C[C@H](Nc1nc(NCCOCCOCCNC(=O)c2ccccc2)nc(Oc2ccccc2)n1)C(=O)O. The molecule has 0 saturated heterocycles. The van der Waals surface area contributed by atoms with Crippen molar-refractivity contribution in [3.63, 3.8) is 0 Å². The molecule has 12 nitrogen and oxygen atoms in total. The molecule has 12 heteroatoms. The van der Waals surface area contributed by atoms with Crippen LogP contribution in [-0.4, -0.2) is 77.5 Å². The highest BCUT2D eigenvalue weighted by Gasteiger charge is 2.21. The molecule has 0 spiro atoms. The highest BCUT2D eigenvalue weighted by atomic mass is 16.5. The minimum absolute atomic E-state index is 0.0218. The molecule has 0 aliphatic heterocycles. The summed E-state index contributed by atoms with van der Waals surface area (Å²) in [7, 11) is 0. The fourth-order valence-corrected chi connectivity index (χ4v) is 3.47. The molecule has 0 radical (unpaired) electrons. The van der Waals surface area contributed by atoms with E-state index in [1.807, 2.05) is 50.2 Å². The fraction of sp³-hybridized carbons (Fsp3) is 0.393. The summed E-state index contributed by atoms with van der Waals surface area (Å²) in [6.07, 6.45) is 0.397. The number of carbonyl (C=O) groups excluding carboxylic acids is 1. The summed E-state index contributed by atoms with van der Waals surface area (Å²) >= 11 is 0. The molecule has 2 aromatic carbocycles. The highest BCUT2D eigenvalue weighted by molar-refractivity contribution is 5.94. The number of hydrogen-bond donors (Lipinski definition) is 4. The average Bonchev–Trinajstić information content (AvgIpc) is 2.94. The second-order valence-electron chi connectivity index (χ2n) is 9.12. The molecule has 1 aromatic heterocycles. The van der Waals surface area contributed by atoms with Crippen molar-refractivity contribution in [2.75, 3.05) is 50.2 Å². The first-order valence-electron chi connectivity index (χ1n) is 13.1. The Morgan fingerprint density at radius 1 is 0.825 bits per heavy atom. The molecule has 0 unspecified atom stereocenters. The number of benzene rings is 2. The molecular formula is C28H36N6O6. The molecule has 0 aliphatic rings. The largest absolute Gasteiger partial charge is 0.480 e. The van der Waals surface area contributed by atoms with Crippen molar-refractivity contribution in [2.24, 2.45) is 5.92 Å². The van der Waals surface area contributed by atoms with Crippen LogP contribution in [0.5, 0.6) is 11.8 Å². The number of nitrogens with zero attached hydrogens (tertiary/aromatic N) is 3. The number of aromatic nitrogens is 3. The highest BCUT2D eigenvalue weighted by Crippen LogP contribution is 2.20. The Labute approximate surface area is 233 Å². The van der Waals surface area contributed by atoms with E-state index in [-0.39, 0.29) is 29.7 Å². The van der Waals surface area contributed by atoms with E-state index in [2.05, 4.69) is 30.9 Å². The van der Waals surface area contributed by atoms with Crippen LogP contribution in [0.4, 0.5) is 11.9 Å². The van der Waals surface area contributed by atoms with E-state index in [1.54, 1.807) is 24.3 Å². The molecule has 3 aromatic rings. The summed E-state index contributed by atoms with van der Waals surface area (Å²) in [6, 6.07) is 17.2. The van der Waals surface area contributed by atoms with Crippen LogP contribution in [-0.2, 0) is 14.3 Å². The summed E-state index contributed by atoms with van der Waals surface area (Å²) in [6.45, 7) is 6.14. The van der Waals surface area contributed by atoms with Crippen LogP contribution in [0.25, 0.3) is 0 Å². The molecule has 0 aliphatic carbocycles. The Balaban J connectivity index is 1.42. The standard InChI is InChI=1S/C28H36N6O6/c1-20(2)19-23(25(36)37)31-27-32-26(33-28(34-27)40-22-11-7-4-8-12-22)30-14-16-39-18-17-38-15-13-29-24(35)21-9-5-3-6-10-21/h3-12,20,23H,13-19H2,1-2H3,(H,29,35)(H,36,37)(H2,30,31,32,33,34)/t23-/m0/s1. The number of carboxylic acid groups (broad SMARTS) is 1. The van der Waals surface area contributed by atoms with E-state index in [9.17, 15) is 14.7 Å². The minimum atomic E-state index is -0.997. The number of aliphatic carboxylic acids is 1. The molecule has 1 amide bonds. The molecule has 214 valence electrons. The Bertz CT molecular complexity index is 1180. The van der Waals surface area contributed by atoms with Gasteiger partial charge in [-0.1, -0.05) is 50.2 Å². The first-order valence-corrected chi connectivity index (χ1v) is 13.1. The van der Waals surface area contributed by atoms with E-state index in [1.165, 1.54) is 0 Å². The van der Waals surface area contributed by atoms with Crippen LogP contribution in [0.15, 0.2) is 60.7 Å². The second-order valence-corrected chi connectivity index (χ2v) is 9.12. The number of carbonyl (C=O) groups is 2. The van der Waals surface area contributed by atoms with Crippen molar-refractivity contribution in [2.45, 2.75) is 26.3 Å². The zero-order valence-electron chi connectivity index (χ0n) is 22.7. The van der Waals surface area contributed by atoms with Crippen LogP contribution in [0.3, 0.4) is 0 Å². The maximum atomic E-state index is 12.0. The zero-order valence-corrected chi connectivity index (χ0v) is 22.7. The van der Waals surface area contributed by atoms with Gasteiger partial charge < -0.3 is 35.3 Å². The van der Waals surface area contributed by atoms with Crippen molar-refractivity contribution >= 4 is 23.8 Å². The third-order valence-electron chi connectivity index (χ3n) is 5.35. The van der Waals surface area contributed by atoms with Gasteiger partial charge >= 0.3 is 12.0 Å². The Kier molecular flexibility index (Phi) is 12.6. The first-order chi connectivity index (χ1) is 19.4. The van der Waals surface area contributed by atoms with Crippen LogP contribution in [0.2, 0.25) is 0 Å². The summed E-state index contributed by atoms with van der Waals surface area (Å²) in [4.78, 5) is 36.5. The second kappa shape index (κ2) is 16.6. The Morgan fingerprint density at radius 3 is 2.10 bits per heavy atom. The molecule has 40 heavy (non-hydrogen) atoms. The number of amides is 1. The summed E-state index contributed by atoms with van der Waals surface area (Å²) in [5.74, 6) is -0.147. The number of nitrogens with one attached hydrogen (secondary N) is 3. The van der Waals surface area contributed by atoms with Gasteiger partial charge in [0, 0.05) is 18.7 Å².